The predicted octanol–water partition coefficient (Wildman–Crippen LogP) is 3.98. The molecule has 0 aromatic heterocycles. The van der Waals surface area contributed by atoms with Crippen LogP contribution < -0.4 is 5.43 Å². The van der Waals surface area contributed by atoms with Crippen molar-refractivity contribution in [3.63, 3.8) is 0 Å². The fourth-order valence-corrected chi connectivity index (χ4v) is 2.34. The summed E-state index contributed by atoms with van der Waals surface area (Å²) in [5, 5.41) is 3.93. The molecule has 0 bridgehead atoms. The first-order chi connectivity index (χ1) is 9.16. The minimum atomic E-state index is -0.251. The largest absolute Gasteiger partial charge is 0.272 e. The third kappa shape index (κ3) is 4.01. The molecule has 0 aliphatic rings. The maximum absolute atomic E-state index is 11.9. The summed E-state index contributed by atoms with van der Waals surface area (Å²) >= 11 is 6.70. The summed E-state index contributed by atoms with van der Waals surface area (Å²) < 4.78 is 1.71. The van der Waals surface area contributed by atoms with Gasteiger partial charge < -0.3 is 0 Å². The summed E-state index contributed by atoms with van der Waals surface area (Å²) in [7, 11) is 0. The van der Waals surface area contributed by atoms with Crippen molar-refractivity contribution in [1.29, 1.82) is 0 Å². The highest BCUT2D eigenvalue weighted by Crippen LogP contribution is 2.15. The minimum absolute atomic E-state index is 0.251. The van der Waals surface area contributed by atoms with E-state index in [0.717, 1.165) is 14.5 Å². The first-order valence-electron chi connectivity index (χ1n) is 5.50. The standard InChI is InChI=1S/C14H10Br2N2O/c15-11-5-3-4-10(8-11)9-17-18-14(19)12-6-1-2-7-13(12)16/h1-9H,(H,18,19). The highest BCUT2D eigenvalue weighted by atomic mass is 79.9. The van der Waals surface area contributed by atoms with E-state index in [1.807, 2.05) is 36.4 Å². The molecule has 5 heteroatoms. The van der Waals surface area contributed by atoms with E-state index in [-0.39, 0.29) is 5.91 Å². The highest BCUT2D eigenvalue weighted by Gasteiger charge is 2.07. The van der Waals surface area contributed by atoms with Gasteiger partial charge in [0.05, 0.1) is 11.8 Å². The molecule has 2 aromatic carbocycles. The van der Waals surface area contributed by atoms with Crippen molar-refractivity contribution in [1.82, 2.24) is 5.43 Å². The second-order valence-electron chi connectivity index (χ2n) is 3.73. The van der Waals surface area contributed by atoms with Gasteiger partial charge in [0.25, 0.3) is 5.91 Å². The molecule has 2 aromatic rings. The van der Waals surface area contributed by atoms with E-state index in [1.54, 1.807) is 18.3 Å². The number of carbonyl (C=O) groups is 1. The first kappa shape index (κ1) is 14.0. The number of hydrogen-bond acceptors (Lipinski definition) is 2. The fourth-order valence-electron chi connectivity index (χ4n) is 1.46. The third-order valence-corrected chi connectivity index (χ3v) is 3.53. The number of halogens is 2. The SMILES string of the molecule is O=C(NN=Cc1cccc(Br)c1)c1ccccc1Br. The molecular formula is C14H10Br2N2O. The lowest BCUT2D eigenvalue weighted by molar-refractivity contribution is 0.0954. The average Bonchev–Trinajstić information content (AvgIpc) is 2.39. The van der Waals surface area contributed by atoms with Crippen LogP contribution in [0.25, 0.3) is 0 Å². The summed E-state index contributed by atoms with van der Waals surface area (Å²) in [6, 6.07) is 14.8. The van der Waals surface area contributed by atoms with E-state index >= 15 is 0 Å². The topological polar surface area (TPSA) is 41.5 Å². The Morgan fingerprint density at radius 1 is 1.11 bits per heavy atom. The van der Waals surface area contributed by atoms with E-state index in [1.165, 1.54) is 0 Å². The Hall–Kier alpha value is -1.46. The predicted molar refractivity (Wildman–Crippen MR) is 83.3 cm³/mol. The Morgan fingerprint density at radius 3 is 2.63 bits per heavy atom. The number of hydrazone groups is 1. The van der Waals surface area contributed by atoms with Gasteiger partial charge in [-0.15, -0.1) is 0 Å². The maximum Gasteiger partial charge on any atom is 0.272 e. The summed E-state index contributed by atoms with van der Waals surface area (Å²) in [6.45, 7) is 0. The van der Waals surface area contributed by atoms with Crippen LogP contribution in [0, 0.1) is 0 Å². The zero-order valence-corrected chi connectivity index (χ0v) is 13.0. The molecule has 0 saturated heterocycles. The lowest BCUT2D eigenvalue weighted by Gasteiger charge is -2.01. The quantitative estimate of drug-likeness (QED) is 0.634. The molecule has 0 heterocycles. The lowest BCUT2D eigenvalue weighted by Crippen LogP contribution is -2.18. The molecule has 0 saturated carbocycles. The van der Waals surface area contributed by atoms with Crippen LogP contribution in [0.4, 0.5) is 0 Å². The molecule has 3 nitrogen and oxygen atoms in total. The number of hydrogen-bond donors (Lipinski definition) is 1. The van der Waals surface area contributed by atoms with E-state index in [9.17, 15) is 4.79 Å². The summed E-state index contributed by atoms with van der Waals surface area (Å²) in [4.78, 5) is 11.9. The minimum Gasteiger partial charge on any atom is -0.267 e. The van der Waals surface area contributed by atoms with Crippen LogP contribution in [0.1, 0.15) is 15.9 Å². The monoisotopic (exact) mass is 380 g/mol. The Labute approximate surface area is 128 Å². The molecular weight excluding hydrogens is 372 g/mol. The second-order valence-corrected chi connectivity index (χ2v) is 5.50. The van der Waals surface area contributed by atoms with Gasteiger partial charge in [0.2, 0.25) is 0 Å². The van der Waals surface area contributed by atoms with Gasteiger partial charge in [-0.3, -0.25) is 4.79 Å². The second kappa shape index (κ2) is 6.63. The van der Waals surface area contributed by atoms with Crippen LogP contribution in [0.5, 0.6) is 0 Å². The zero-order chi connectivity index (χ0) is 13.7. The first-order valence-corrected chi connectivity index (χ1v) is 7.09. The van der Waals surface area contributed by atoms with Gasteiger partial charge in [-0.2, -0.15) is 5.10 Å². The Bertz CT molecular complexity index is 626. The Balaban J connectivity index is 2.03. The Kier molecular flexibility index (Phi) is 4.87. The van der Waals surface area contributed by atoms with Gasteiger partial charge in [0.1, 0.15) is 0 Å². The molecule has 0 spiro atoms. The fraction of sp³-hybridized carbons (Fsp3) is 0. The normalized spacial score (nSPS) is 10.6. The molecule has 96 valence electrons. The van der Waals surface area contributed by atoms with E-state index in [4.69, 9.17) is 0 Å². The number of nitrogens with zero attached hydrogens (tertiary/aromatic N) is 1. The van der Waals surface area contributed by atoms with Crippen molar-refractivity contribution in [3.05, 3.63) is 68.6 Å². The number of carbonyl (C=O) groups excluding carboxylic acids is 1. The highest BCUT2D eigenvalue weighted by molar-refractivity contribution is 9.10. The zero-order valence-electron chi connectivity index (χ0n) is 9.81. The van der Waals surface area contributed by atoms with Crippen LogP contribution in [-0.4, -0.2) is 12.1 Å². The number of rotatable bonds is 3. The molecule has 1 amide bonds. The van der Waals surface area contributed by atoms with Crippen molar-refractivity contribution in [3.8, 4) is 0 Å². The number of nitrogens with one attached hydrogen (secondary N) is 1. The van der Waals surface area contributed by atoms with Crippen LogP contribution >= 0.6 is 31.9 Å². The molecule has 0 aliphatic carbocycles. The molecule has 19 heavy (non-hydrogen) atoms. The van der Waals surface area contributed by atoms with Crippen molar-refractivity contribution >= 4 is 44.0 Å². The average molecular weight is 382 g/mol. The smallest absolute Gasteiger partial charge is 0.267 e. The molecule has 0 fully saturated rings. The number of benzene rings is 2. The maximum atomic E-state index is 11.9. The van der Waals surface area contributed by atoms with E-state index in [2.05, 4.69) is 42.4 Å². The van der Waals surface area contributed by atoms with Crippen LogP contribution in [0.2, 0.25) is 0 Å². The molecule has 0 unspecified atom stereocenters. The Morgan fingerprint density at radius 2 is 1.89 bits per heavy atom. The van der Waals surface area contributed by atoms with Gasteiger partial charge in [0.15, 0.2) is 0 Å². The van der Waals surface area contributed by atoms with Crippen LogP contribution in [-0.2, 0) is 0 Å². The van der Waals surface area contributed by atoms with Crippen molar-refractivity contribution in [2.75, 3.05) is 0 Å². The lowest BCUT2D eigenvalue weighted by atomic mass is 10.2. The van der Waals surface area contributed by atoms with Crippen molar-refractivity contribution < 1.29 is 4.79 Å². The van der Waals surface area contributed by atoms with E-state index in [0.29, 0.717) is 5.56 Å². The van der Waals surface area contributed by atoms with E-state index < -0.39 is 0 Å². The molecule has 2 rings (SSSR count). The summed E-state index contributed by atoms with van der Waals surface area (Å²) in [5.74, 6) is -0.251. The molecule has 0 radical (unpaired) electrons. The molecule has 0 aliphatic heterocycles. The van der Waals surface area contributed by atoms with Crippen LogP contribution in [0.3, 0.4) is 0 Å². The molecule has 1 N–H and O–H groups in total. The van der Waals surface area contributed by atoms with Crippen LogP contribution in [0.15, 0.2) is 62.6 Å². The number of amides is 1. The van der Waals surface area contributed by atoms with Crippen molar-refractivity contribution in [2.24, 2.45) is 5.10 Å². The van der Waals surface area contributed by atoms with Gasteiger partial charge in [0, 0.05) is 8.95 Å². The van der Waals surface area contributed by atoms with Crippen molar-refractivity contribution in [2.45, 2.75) is 0 Å². The van der Waals surface area contributed by atoms with Gasteiger partial charge >= 0.3 is 0 Å². The summed E-state index contributed by atoms with van der Waals surface area (Å²) in [5.41, 5.74) is 3.95. The van der Waals surface area contributed by atoms with Gasteiger partial charge in [-0.25, -0.2) is 5.43 Å². The third-order valence-electron chi connectivity index (χ3n) is 2.35. The summed E-state index contributed by atoms with van der Waals surface area (Å²) in [6.07, 6.45) is 1.60. The van der Waals surface area contributed by atoms with Gasteiger partial charge in [-0.1, -0.05) is 40.2 Å². The molecule has 0 atom stereocenters. The van der Waals surface area contributed by atoms with Gasteiger partial charge in [-0.05, 0) is 45.8 Å².